The summed E-state index contributed by atoms with van der Waals surface area (Å²) in [6.07, 6.45) is 1.48. The highest BCUT2D eigenvalue weighted by molar-refractivity contribution is 7.89. The largest absolute Gasteiger partial charge is 0.355 e. The monoisotopic (exact) mass is 351 g/mol. The van der Waals surface area contributed by atoms with Crippen molar-refractivity contribution in [2.75, 3.05) is 20.1 Å². The van der Waals surface area contributed by atoms with E-state index in [1.807, 2.05) is 0 Å². The van der Waals surface area contributed by atoms with Gasteiger partial charge >= 0.3 is 0 Å². The van der Waals surface area contributed by atoms with Gasteiger partial charge in [0.2, 0.25) is 10.0 Å². The van der Waals surface area contributed by atoms with Gasteiger partial charge in [0.15, 0.2) is 5.96 Å². The average Bonchev–Trinajstić information content (AvgIpc) is 3.00. The summed E-state index contributed by atoms with van der Waals surface area (Å²) in [7, 11) is -0.0470. The molecule has 9 nitrogen and oxygen atoms in total. The average molecular weight is 351 g/mol. The van der Waals surface area contributed by atoms with Gasteiger partial charge in [0.1, 0.15) is 12.2 Å². The Morgan fingerprint density at radius 1 is 1.21 bits per heavy atom. The number of nitrogens with zero attached hydrogens (tertiary/aromatic N) is 4. The number of aromatic nitrogens is 3. The van der Waals surface area contributed by atoms with Crippen LogP contribution in [0.1, 0.15) is 5.82 Å². The number of rotatable bonds is 7. The Bertz CT molecular complexity index is 771. The predicted molar refractivity (Wildman–Crippen MR) is 90.8 cm³/mol. The molecular formula is C14H21N7O2S. The van der Waals surface area contributed by atoms with Crippen molar-refractivity contribution < 1.29 is 8.42 Å². The Morgan fingerprint density at radius 2 is 1.96 bits per heavy atom. The Labute approximate surface area is 141 Å². The quantitative estimate of drug-likeness (QED) is 0.351. The van der Waals surface area contributed by atoms with Crippen molar-refractivity contribution in [3.8, 4) is 0 Å². The van der Waals surface area contributed by atoms with E-state index in [4.69, 9.17) is 0 Å². The molecule has 24 heavy (non-hydrogen) atoms. The molecule has 0 spiro atoms. The zero-order valence-corrected chi connectivity index (χ0v) is 14.4. The molecule has 2 rings (SSSR count). The smallest absolute Gasteiger partial charge is 0.240 e. The molecule has 0 bridgehead atoms. The van der Waals surface area contributed by atoms with E-state index >= 15 is 0 Å². The second-order valence-corrected chi connectivity index (χ2v) is 6.63. The summed E-state index contributed by atoms with van der Waals surface area (Å²) < 4.78 is 28.3. The number of aryl methyl sites for hydroxylation is 1. The summed E-state index contributed by atoms with van der Waals surface area (Å²) >= 11 is 0. The van der Waals surface area contributed by atoms with Crippen LogP contribution >= 0.6 is 0 Å². The number of hydrogen-bond acceptors (Lipinski definition) is 5. The van der Waals surface area contributed by atoms with E-state index in [1.165, 1.54) is 6.33 Å². The SMILES string of the molecule is CN=C(NCCNS(=O)(=O)c1ccccc1)NCc1ncnn1C. The second kappa shape index (κ2) is 8.41. The second-order valence-electron chi connectivity index (χ2n) is 4.86. The van der Waals surface area contributed by atoms with E-state index in [0.717, 1.165) is 5.82 Å². The lowest BCUT2D eigenvalue weighted by atomic mass is 10.4. The molecule has 1 heterocycles. The Kier molecular flexibility index (Phi) is 6.27. The third-order valence-corrected chi connectivity index (χ3v) is 4.68. The lowest BCUT2D eigenvalue weighted by Crippen LogP contribution is -2.41. The lowest BCUT2D eigenvalue weighted by Gasteiger charge is -2.12. The molecule has 0 aliphatic carbocycles. The summed E-state index contributed by atoms with van der Waals surface area (Å²) in [6.45, 7) is 1.10. The molecule has 130 valence electrons. The van der Waals surface area contributed by atoms with E-state index in [1.54, 1.807) is 49.1 Å². The first-order valence-corrected chi connectivity index (χ1v) is 8.83. The summed E-state index contributed by atoms with van der Waals surface area (Å²) in [5, 5.41) is 10.1. The maximum atomic E-state index is 12.1. The first-order chi connectivity index (χ1) is 11.5. The van der Waals surface area contributed by atoms with Crippen LogP contribution in [0.15, 0.2) is 46.5 Å². The zero-order chi connectivity index (χ0) is 17.4. The molecule has 0 fully saturated rings. The number of guanidine groups is 1. The first-order valence-electron chi connectivity index (χ1n) is 7.35. The minimum Gasteiger partial charge on any atom is -0.355 e. The molecule has 3 N–H and O–H groups in total. The van der Waals surface area contributed by atoms with Crippen LogP contribution in [0, 0.1) is 0 Å². The summed E-state index contributed by atoms with van der Waals surface area (Å²) in [5.41, 5.74) is 0. The van der Waals surface area contributed by atoms with E-state index in [9.17, 15) is 8.42 Å². The zero-order valence-electron chi connectivity index (χ0n) is 13.6. The van der Waals surface area contributed by atoms with Gasteiger partial charge in [-0.1, -0.05) is 18.2 Å². The minimum absolute atomic E-state index is 0.238. The van der Waals surface area contributed by atoms with Crippen molar-refractivity contribution in [3.63, 3.8) is 0 Å². The number of hydrogen-bond donors (Lipinski definition) is 3. The summed E-state index contributed by atoms with van der Waals surface area (Å²) in [4.78, 5) is 8.41. The van der Waals surface area contributed by atoms with Crippen LogP contribution in [-0.4, -0.2) is 49.3 Å². The van der Waals surface area contributed by atoms with Gasteiger partial charge in [-0.2, -0.15) is 5.10 Å². The molecule has 0 aliphatic heterocycles. The van der Waals surface area contributed by atoms with Crippen LogP contribution in [0.4, 0.5) is 0 Å². The minimum atomic E-state index is -3.49. The van der Waals surface area contributed by atoms with Crippen LogP contribution in [0.3, 0.4) is 0 Å². The highest BCUT2D eigenvalue weighted by atomic mass is 32.2. The molecule has 0 amide bonds. The maximum Gasteiger partial charge on any atom is 0.240 e. The van der Waals surface area contributed by atoms with Gasteiger partial charge in [-0.3, -0.25) is 9.67 Å². The van der Waals surface area contributed by atoms with Crippen molar-refractivity contribution >= 4 is 16.0 Å². The molecular weight excluding hydrogens is 330 g/mol. The highest BCUT2D eigenvalue weighted by Crippen LogP contribution is 2.06. The van der Waals surface area contributed by atoms with Gasteiger partial charge in [0.25, 0.3) is 0 Å². The number of nitrogens with one attached hydrogen (secondary N) is 3. The summed E-state index contributed by atoms with van der Waals surface area (Å²) in [6, 6.07) is 8.25. The highest BCUT2D eigenvalue weighted by Gasteiger charge is 2.12. The molecule has 2 aromatic rings. The van der Waals surface area contributed by atoms with Crippen LogP contribution in [0.2, 0.25) is 0 Å². The fraction of sp³-hybridized carbons (Fsp3) is 0.357. The molecule has 1 aromatic heterocycles. The van der Waals surface area contributed by atoms with Gasteiger partial charge < -0.3 is 10.6 Å². The van der Waals surface area contributed by atoms with Crippen LogP contribution < -0.4 is 15.4 Å². The van der Waals surface area contributed by atoms with Gasteiger partial charge in [-0.15, -0.1) is 0 Å². The fourth-order valence-electron chi connectivity index (χ4n) is 1.91. The third kappa shape index (κ3) is 5.03. The van der Waals surface area contributed by atoms with E-state index in [0.29, 0.717) is 19.0 Å². The molecule has 10 heteroatoms. The Morgan fingerprint density at radius 3 is 2.58 bits per heavy atom. The van der Waals surface area contributed by atoms with Crippen LogP contribution in [0.25, 0.3) is 0 Å². The molecule has 1 aromatic carbocycles. The molecule has 0 atom stereocenters. The van der Waals surface area contributed by atoms with Crippen molar-refractivity contribution in [2.45, 2.75) is 11.4 Å². The topological polar surface area (TPSA) is 113 Å². The lowest BCUT2D eigenvalue weighted by molar-refractivity contribution is 0.580. The molecule has 0 unspecified atom stereocenters. The molecule has 0 radical (unpaired) electrons. The number of aliphatic imine (C=N–C) groups is 1. The van der Waals surface area contributed by atoms with E-state index in [2.05, 4.69) is 30.4 Å². The molecule has 0 saturated carbocycles. The standard InChI is InChI=1S/C14H21N7O2S/c1-15-14(17-10-13-18-11-19-21(13)2)16-8-9-20-24(22,23)12-6-4-3-5-7-12/h3-7,11,20H,8-10H2,1-2H3,(H2,15,16,17). The molecule has 0 aliphatic rings. The Balaban J connectivity index is 1.75. The third-order valence-electron chi connectivity index (χ3n) is 3.21. The van der Waals surface area contributed by atoms with E-state index in [-0.39, 0.29) is 11.4 Å². The Hall–Kier alpha value is -2.46. The van der Waals surface area contributed by atoms with Crippen molar-refractivity contribution in [2.24, 2.45) is 12.0 Å². The normalized spacial score (nSPS) is 12.2. The maximum absolute atomic E-state index is 12.1. The number of benzene rings is 1. The van der Waals surface area contributed by atoms with E-state index < -0.39 is 10.0 Å². The van der Waals surface area contributed by atoms with Gasteiger partial charge in [-0.25, -0.2) is 18.1 Å². The van der Waals surface area contributed by atoms with Gasteiger partial charge in [0, 0.05) is 27.2 Å². The van der Waals surface area contributed by atoms with Gasteiger partial charge in [0.05, 0.1) is 11.4 Å². The number of sulfonamides is 1. The fourth-order valence-corrected chi connectivity index (χ4v) is 2.97. The van der Waals surface area contributed by atoms with Crippen LogP contribution in [-0.2, 0) is 23.6 Å². The van der Waals surface area contributed by atoms with Crippen molar-refractivity contribution in [1.82, 2.24) is 30.1 Å². The van der Waals surface area contributed by atoms with Crippen molar-refractivity contribution in [1.29, 1.82) is 0 Å². The summed E-state index contributed by atoms with van der Waals surface area (Å²) in [5.74, 6) is 1.32. The molecule has 0 saturated heterocycles. The predicted octanol–water partition coefficient (Wildman–Crippen LogP) is -0.541. The van der Waals surface area contributed by atoms with Gasteiger partial charge in [-0.05, 0) is 12.1 Å². The van der Waals surface area contributed by atoms with Crippen molar-refractivity contribution in [3.05, 3.63) is 42.5 Å². The van der Waals surface area contributed by atoms with Crippen LogP contribution in [0.5, 0.6) is 0 Å². The first kappa shape index (κ1) is 17.9.